The van der Waals surface area contributed by atoms with E-state index in [1.807, 2.05) is 36.4 Å². The van der Waals surface area contributed by atoms with Crippen LogP contribution in [0.3, 0.4) is 0 Å². The Morgan fingerprint density at radius 3 is 2.74 bits per heavy atom. The van der Waals surface area contributed by atoms with E-state index in [2.05, 4.69) is 28.4 Å². The quantitative estimate of drug-likeness (QED) is 0.618. The maximum atomic E-state index is 12.7. The van der Waals surface area contributed by atoms with Gasteiger partial charge in [0.1, 0.15) is 17.1 Å². The molecular formula is C26H30N2O3. The number of benzene rings is 2. The second-order valence-electron chi connectivity index (χ2n) is 9.00. The van der Waals surface area contributed by atoms with E-state index in [1.165, 1.54) is 0 Å². The molecule has 2 aliphatic rings. The maximum absolute atomic E-state index is 12.7. The molecule has 1 amide bonds. The maximum Gasteiger partial charge on any atom is 0.223 e. The minimum atomic E-state index is 0.179. The van der Waals surface area contributed by atoms with Crippen molar-refractivity contribution in [1.29, 1.82) is 0 Å². The number of nitrogens with zero attached hydrogens (tertiary/aromatic N) is 1. The van der Waals surface area contributed by atoms with Gasteiger partial charge < -0.3 is 14.5 Å². The van der Waals surface area contributed by atoms with Gasteiger partial charge in [-0.05, 0) is 68.0 Å². The summed E-state index contributed by atoms with van der Waals surface area (Å²) >= 11 is 0. The highest BCUT2D eigenvalue weighted by Crippen LogP contribution is 2.59. The van der Waals surface area contributed by atoms with E-state index >= 15 is 0 Å². The summed E-state index contributed by atoms with van der Waals surface area (Å²) in [5.74, 6) is 2.31. The molecule has 0 radical (unpaired) electrons. The number of carbonyl (C=O) groups excluding carboxylic acids is 1. The van der Waals surface area contributed by atoms with Gasteiger partial charge in [0.2, 0.25) is 5.91 Å². The fourth-order valence-corrected chi connectivity index (χ4v) is 5.12. The lowest BCUT2D eigenvalue weighted by molar-refractivity contribution is -0.123. The van der Waals surface area contributed by atoms with Crippen molar-refractivity contribution in [2.75, 3.05) is 26.7 Å². The van der Waals surface area contributed by atoms with Gasteiger partial charge in [0.05, 0.1) is 13.7 Å². The minimum absolute atomic E-state index is 0.179. The summed E-state index contributed by atoms with van der Waals surface area (Å²) in [4.78, 5) is 15.2. The van der Waals surface area contributed by atoms with Crippen molar-refractivity contribution in [2.45, 2.75) is 32.2 Å². The van der Waals surface area contributed by atoms with Crippen LogP contribution in [0.5, 0.6) is 5.75 Å². The van der Waals surface area contributed by atoms with Gasteiger partial charge >= 0.3 is 0 Å². The van der Waals surface area contributed by atoms with E-state index in [9.17, 15) is 4.79 Å². The van der Waals surface area contributed by atoms with Gasteiger partial charge in [-0.25, -0.2) is 0 Å². The number of rotatable bonds is 7. The van der Waals surface area contributed by atoms with Crippen LogP contribution in [-0.2, 0) is 17.8 Å². The van der Waals surface area contributed by atoms with Crippen LogP contribution in [0.1, 0.15) is 30.6 Å². The highest BCUT2D eigenvalue weighted by atomic mass is 16.5. The van der Waals surface area contributed by atoms with E-state index in [-0.39, 0.29) is 17.2 Å². The predicted molar refractivity (Wildman–Crippen MR) is 121 cm³/mol. The molecule has 3 aromatic rings. The van der Waals surface area contributed by atoms with Crippen LogP contribution in [0.4, 0.5) is 0 Å². The summed E-state index contributed by atoms with van der Waals surface area (Å²) in [5.41, 5.74) is 2.31. The van der Waals surface area contributed by atoms with Gasteiger partial charge in [0.15, 0.2) is 0 Å². The average Bonchev–Trinajstić information content (AvgIpc) is 3.34. The lowest BCUT2D eigenvalue weighted by atomic mass is 9.90. The molecule has 1 spiro atoms. The van der Waals surface area contributed by atoms with E-state index in [0.717, 1.165) is 73.4 Å². The fraction of sp³-hybridized carbons (Fsp3) is 0.423. The molecule has 1 aliphatic carbocycles. The van der Waals surface area contributed by atoms with Gasteiger partial charge in [-0.15, -0.1) is 0 Å². The first-order valence-corrected chi connectivity index (χ1v) is 11.3. The third-order valence-corrected chi connectivity index (χ3v) is 7.10. The number of methoxy groups -OCH3 is 1. The smallest absolute Gasteiger partial charge is 0.223 e. The molecule has 162 valence electrons. The van der Waals surface area contributed by atoms with Crippen molar-refractivity contribution >= 4 is 16.9 Å². The second-order valence-corrected chi connectivity index (χ2v) is 9.00. The molecule has 2 fully saturated rings. The Hall–Kier alpha value is -2.79. The topological polar surface area (TPSA) is 54.7 Å². The molecule has 1 saturated carbocycles. The third-order valence-electron chi connectivity index (χ3n) is 7.10. The highest BCUT2D eigenvalue weighted by molar-refractivity contribution is 5.82. The van der Waals surface area contributed by atoms with Crippen molar-refractivity contribution in [3.63, 3.8) is 0 Å². The molecule has 0 bridgehead atoms. The van der Waals surface area contributed by atoms with Crippen molar-refractivity contribution in [3.8, 4) is 5.75 Å². The van der Waals surface area contributed by atoms with Crippen molar-refractivity contribution in [3.05, 3.63) is 65.9 Å². The molecule has 31 heavy (non-hydrogen) atoms. The van der Waals surface area contributed by atoms with Crippen LogP contribution in [-0.4, -0.2) is 37.6 Å². The summed E-state index contributed by atoms with van der Waals surface area (Å²) in [6.45, 7) is 3.56. The third kappa shape index (κ3) is 4.19. The van der Waals surface area contributed by atoms with Gasteiger partial charge in [0, 0.05) is 17.8 Å². The first kappa shape index (κ1) is 20.1. The Morgan fingerprint density at radius 1 is 1.16 bits per heavy atom. The Bertz CT molecular complexity index is 1030. The molecule has 5 rings (SSSR count). The van der Waals surface area contributed by atoms with Crippen molar-refractivity contribution in [1.82, 2.24) is 10.2 Å². The molecule has 1 aliphatic heterocycles. The van der Waals surface area contributed by atoms with Crippen LogP contribution < -0.4 is 10.1 Å². The molecule has 2 heterocycles. The van der Waals surface area contributed by atoms with E-state index in [0.29, 0.717) is 6.54 Å². The number of piperidine rings is 1. The normalized spacial score (nSPS) is 20.1. The number of carbonyl (C=O) groups is 1. The van der Waals surface area contributed by atoms with Crippen molar-refractivity contribution in [2.24, 2.45) is 11.3 Å². The van der Waals surface area contributed by atoms with E-state index < -0.39 is 0 Å². The molecule has 1 atom stereocenters. The standard InChI is InChI=1S/C26H30N2O3/c1-30-23-8-4-2-6-19(23)10-13-27-25(29)22-17-26(22)11-14-28(15-12-26)18-21-16-20-7-3-5-9-24(20)31-21/h2-9,16,22H,10-15,17-18H2,1H3,(H,27,29)/t22-/m0/s1. The number of furan rings is 1. The monoisotopic (exact) mass is 418 g/mol. The number of hydrogen-bond donors (Lipinski definition) is 1. The number of likely N-dealkylation sites (tertiary alicyclic amines) is 1. The molecule has 2 aromatic carbocycles. The average molecular weight is 419 g/mol. The van der Waals surface area contributed by atoms with E-state index in [1.54, 1.807) is 7.11 Å². The first-order chi connectivity index (χ1) is 15.2. The summed E-state index contributed by atoms with van der Waals surface area (Å²) in [6.07, 6.45) is 4.02. The molecule has 1 N–H and O–H groups in total. The predicted octanol–water partition coefficient (Wildman–Crippen LogP) is 4.40. The molecule has 1 saturated heterocycles. The SMILES string of the molecule is COc1ccccc1CCNC(=O)[C@@H]1CC12CCN(Cc1cc3ccccc3o1)CC2. The van der Waals surface area contributed by atoms with Crippen LogP contribution in [0.15, 0.2) is 59.0 Å². The van der Waals surface area contributed by atoms with Crippen LogP contribution >= 0.6 is 0 Å². The number of hydrogen-bond acceptors (Lipinski definition) is 4. The molecule has 0 unspecified atom stereocenters. The van der Waals surface area contributed by atoms with Gasteiger partial charge in [0.25, 0.3) is 0 Å². The highest BCUT2D eigenvalue weighted by Gasteiger charge is 2.58. The molecule has 5 heteroatoms. The van der Waals surface area contributed by atoms with Crippen molar-refractivity contribution < 1.29 is 13.9 Å². The van der Waals surface area contributed by atoms with Crippen LogP contribution in [0.25, 0.3) is 11.0 Å². The first-order valence-electron chi connectivity index (χ1n) is 11.3. The summed E-state index contributed by atoms with van der Waals surface area (Å²) in [7, 11) is 1.69. The number of amides is 1. The zero-order valence-electron chi connectivity index (χ0n) is 18.1. The number of nitrogens with one attached hydrogen (secondary N) is 1. The van der Waals surface area contributed by atoms with Gasteiger partial charge in [-0.1, -0.05) is 36.4 Å². The van der Waals surface area contributed by atoms with E-state index in [4.69, 9.17) is 9.15 Å². The van der Waals surface area contributed by atoms with Crippen LogP contribution in [0.2, 0.25) is 0 Å². The summed E-state index contributed by atoms with van der Waals surface area (Å²) in [5, 5.41) is 4.32. The number of fused-ring (bicyclic) bond motifs is 1. The molecule has 1 aromatic heterocycles. The van der Waals surface area contributed by atoms with Crippen LogP contribution in [0, 0.1) is 11.3 Å². The van der Waals surface area contributed by atoms with Gasteiger partial charge in [-0.2, -0.15) is 0 Å². The fourth-order valence-electron chi connectivity index (χ4n) is 5.12. The minimum Gasteiger partial charge on any atom is -0.496 e. The Kier molecular flexibility index (Phi) is 5.45. The lowest BCUT2D eigenvalue weighted by Crippen LogP contribution is -2.37. The van der Waals surface area contributed by atoms with Gasteiger partial charge in [-0.3, -0.25) is 9.69 Å². The zero-order valence-corrected chi connectivity index (χ0v) is 18.1. The second kappa shape index (κ2) is 8.39. The molecular weight excluding hydrogens is 388 g/mol. The summed E-state index contributed by atoms with van der Waals surface area (Å²) < 4.78 is 11.4. The Balaban J connectivity index is 1.09. The largest absolute Gasteiger partial charge is 0.496 e. The zero-order chi connectivity index (χ0) is 21.3. The number of para-hydroxylation sites is 2. The Labute approximate surface area is 183 Å². The summed E-state index contributed by atoms with van der Waals surface area (Å²) in [6, 6.07) is 18.3. The number of ether oxygens (including phenoxy) is 1. The molecule has 5 nitrogen and oxygen atoms in total. The lowest BCUT2D eigenvalue weighted by Gasteiger charge is -2.32. The Morgan fingerprint density at radius 2 is 1.94 bits per heavy atom.